The molecule has 0 radical (unpaired) electrons. The molecule has 3 unspecified atom stereocenters. The van der Waals surface area contributed by atoms with Crippen LogP contribution >= 0.6 is 0 Å². The third-order valence-corrected chi connectivity index (χ3v) is 4.97. The topological polar surface area (TPSA) is 182 Å². The van der Waals surface area contributed by atoms with E-state index in [1.807, 2.05) is 19.9 Å². The minimum atomic E-state index is -1.22. The van der Waals surface area contributed by atoms with E-state index >= 15 is 0 Å². The number of methoxy groups -OCH3 is 1. The Balaban J connectivity index is 2.70. The molecule has 6 N–H and O–H groups in total. The van der Waals surface area contributed by atoms with Crippen LogP contribution in [0.4, 0.5) is 4.79 Å². The first-order valence-electron chi connectivity index (χ1n) is 11.7. The lowest BCUT2D eigenvalue weighted by Gasteiger charge is -2.24. The van der Waals surface area contributed by atoms with Crippen LogP contribution in [0, 0.1) is 11.3 Å². The molecule has 1 rings (SSSR count). The molecule has 0 aliphatic heterocycles. The lowest BCUT2D eigenvalue weighted by Crippen LogP contribution is -2.54. The van der Waals surface area contributed by atoms with Gasteiger partial charge in [-0.05, 0) is 37.7 Å². The summed E-state index contributed by atoms with van der Waals surface area (Å²) < 4.78 is 14.8. The van der Waals surface area contributed by atoms with Gasteiger partial charge in [-0.1, -0.05) is 44.2 Å². The number of amides is 2. The number of nitrogens with two attached hydrogens (primary N) is 1. The Labute approximate surface area is 211 Å². The number of benzene rings is 1. The maximum atomic E-state index is 13.0. The molecule has 0 bridgehead atoms. The number of carbonyl (C=O) groups is 4. The highest BCUT2D eigenvalue weighted by Crippen LogP contribution is 2.09. The molecule has 200 valence electrons. The van der Waals surface area contributed by atoms with Gasteiger partial charge in [-0.25, -0.2) is 9.59 Å². The van der Waals surface area contributed by atoms with Gasteiger partial charge in [-0.2, -0.15) is 0 Å². The SMILES string of the molecule is COC(=O)C(CCCNC(=N)N)NC(=O)C(CC(C)C)NC(=O)C(C)OC(=O)OCc1ccccc1. The molecule has 0 aromatic heterocycles. The van der Waals surface area contributed by atoms with E-state index in [4.69, 9.17) is 25.4 Å². The van der Waals surface area contributed by atoms with E-state index in [1.165, 1.54) is 14.0 Å². The van der Waals surface area contributed by atoms with E-state index in [0.717, 1.165) is 5.56 Å². The number of carbonyl (C=O) groups excluding carboxylic acids is 4. The first-order chi connectivity index (χ1) is 17.0. The average molecular weight is 508 g/mol. The molecular formula is C24H37N5O7. The van der Waals surface area contributed by atoms with Crippen LogP contribution in [0.5, 0.6) is 0 Å². The molecule has 12 nitrogen and oxygen atoms in total. The summed E-state index contributed by atoms with van der Waals surface area (Å²) in [6.45, 7) is 5.43. The smallest absolute Gasteiger partial charge is 0.467 e. The predicted octanol–water partition coefficient (Wildman–Crippen LogP) is 1.18. The minimum absolute atomic E-state index is 0.0107. The van der Waals surface area contributed by atoms with Crippen LogP contribution in [0.3, 0.4) is 0 Å². The van der Waals surface area contributed by atoms with E-state index in [1.54, 1.807) is 24.3 Å². The van der Waals surface area contributed by atoms with E-state index < -0.39 is 42.1 Å². The molecule has 36 heavy (non-hydrogen) atoms. The quantitative estimate of drug-likeness (QED) is 0.107. The summed E-state index contributed by atoms with van der Waals surface area (Å²) in [6, 6.07) is 7.05. The normalized spacial score (nSPS) is 13.0. The van der Waals surface area contributed by atoms with Gasteiger partial charge < -0.3 is 35.9 Å². The number of rotatable bonds is 14. The Morgan fingerprint density at radius 3 is 2.22 bits per heavy atom. The van der Waals surface area contributed by atoms with Crippen molar-refractivity contribution in [3.63, 3.8) is 0 Å². The highest BCUT2D eigenvalue weighted by molar-refractivity contribution is 5.92. The van der Waals surface area contributed by atoms with E-state index in [9.17, 15) is 19.2 Å². The van der Waals surface area contributed by atoms with Crippen molar-refractivity contribution in [1.82, 2.24) is 16.0 Å². The molecule has 1 aromatic rings. The highest BCUT2D eigenvalue weighted by Gasteiger charge is 2.29. The van der Waals surface area contributed by atoms with Gasteiger partial charge in [-0.3, -0.25) is 15.0 Å². The van der Waals surface area contributed by atoms with Crippen LogP contribution in [0.2, 0.25) is 0 Å². The first kappa shape index (κ1) is 30.2. The molecule has 0 aliphatic carbocycles. The molecular weight excluding hydrogens is 470 g/mol. The highest BCUT2D eigenvalue weighted by atomic mass is 16.7. The summed E-state index contributed by atoms with van der Waals surface area (Å²) in [5.41, 5.74) is 6.00. The van der Waals surface area contributed by atoms with Crippen molar-refractivity contribution in [1.29, 1.82) is 5.41 Å². The van der Waals surface area contributed by atoms with Crippen LogP contribution < -0.4 is 21.7 Å². The number of hydrogen-bond donors (Lipinski definition) is 5. The number of guanidine groups is 1. The van der Waals surface area contributed by atoms with Gasteiger partial charge in [0.25, 0.3) is 5.91 Å². The van der Waals surface area contributed by atoms with E-state index in [2.05, 4.69) is 16.0 Å². The zero-order chi connectivity index (χ0) is 27.1. The second-order valence-corrected chi connectivity index (χ2v) is 8.54. The molecule has 0 heterocycles. The number of esters is 1. The molecule has 0 saturated heterocycles. The third kappa shape index (κ3) is 12.0. The Kier molecular flexibility index (Phi) is 13.4. The van der Waals surface area contributed by atoms with E-state index in [0.29, 0.717) is 13.0 Å². The lowest BCUT2D eigenvalue weighted by molar-refractivity contribution is -0.145. The fraction of sp³-hybridized carbons (Fsp3) is 0.542. The van der Waals surface area contributed by atoms with Gasteiger partial charge in [-0.15, -0.1) is 0 Å². The van der Waals surface area contributed by atoms with Crippen molar-refractivity contribution in [2.75, 3.05) is 13.7 Å². The van der Waals surface area contributed by atoms with Crippen LogP contribution in [0.15, 0.2) is 30.3 Å². The van der Waals surface area contributed by atoms with Crippen molar-refractivity contribution in [3.8, 4) is 0 Å². The van der Waals surface area contributed by atoms with Gasteiger partial charge in [0.05, 0.1) is 7.11 Å². The molecule has 0 aliphatic rings. The van der Waals surface area contributed by atoms with Crippen LogP contribution in [0.1, 0.15) is 45.6 Å². The monoisotopic (exact) mass is 507 g/mol. The largest absolute Gasteiger partial charge is 0.509 e. The number of hydrogen-bond acceptors (Lipinski definition) is 8. The summed E-state index contributed by atoms with van der Waals surface area (Å²) in [7, 11) is 1.21. The standard InChI is InChI=1S/C24H37N5O7/c1-15(2)13-19(21(31)28-18(22(32)34-4)11-8-12-27-23(25)26)29-20(30)16(3)36-24(33)35-14-17-9-6-5-7-10-17/h5-7,9-10,15-16,18-19H,8,11-14H2,1-4H3,(H,28,31)(H,29,30)(H4,25,26,27). The first-order valence-corrected chi connectivity index (χ1v) is 11.7. The number of nitrogens with one attached hydrogen (secondary N) is 4. The van der Waals surface area contributed by atoms with Crippen molar-refractivity contribution < 1.29 is 33.4 Å². The van der Waals surface area contributed by atoms with Crippen molar-refractivity contribution in [3.05, 3.63) is 35.9 Å². The Bertz CT molecular complexity index is 879. The third-order valence-electron chi connectivity index (χ3n) is 4.97. The molecule has 0 saturated carbocycles. The predicted molar refractivity (Wildman–Crippen MR) is 132 cm³/mol. The molecule has 0 spiro atoms. The minimum Gasteiger partial charge on any atom is -0.467 e. The summed E-state index contributed by atoms with van der Waals surface area (Å²) in [6.07, 6.45) is -1.30. The van der Waals surface area contributed by atoms with E-state index in [-0.39, 0.29) is 31.3 Å². The van der Waals surface area contributed by atoms with Crippen molar-refractivity contribution in [2.24, 2.45) is 11.7 Å². The van der Waals surface area contributed by atoms with Gasteiger partial charge in [0.15, 0.2) is 12.1 Å². The Morgan fingerprint density at radius 1 is 1.00 bits per heavy atom. The van der Waals surface area contributed by atoms with Crippen LogP contribution in [0.25, 0.3) is 0 Å². The molecule has 2 amide bonds. The summed E-state index contributed by atoms with van der Waals surface area (Å²) in [5, 5.41) is 15.0. The molecule has 0 fully saturated rings. The molecule has 12 heteroatoms. The average Bonchev–Trinajstić information content (AvgIpc) is 2.83. The zero-order valence-electron chi connectivity index (χ0n) is 21.2. The maximum absolute atomic E-state index is 13.0. The molecule has 1 aromatic carbocycles. The fourth-order valence-electron chi connectivity index (χ4n) is 3.13. The second-order valence-electron chi connectivity index (χ2n) is 8.54. The van der Waals surface area contributed by atoms with Crippen LogP contribution in [-0.4, -0.2) is 61.7 Å². The summed E-state index contributed by atoms with van der Waals surface area (Å²) in [5.74, 6) is -2.07. The maximum Gasteiger partial charge on any atom is 0.509 e. The van der Waals surface area contributed by atoms with Crippen LogP contribution in [-0.2, 0) is 35.2 Å². The summed E-state index contributed by atoms with van der Waals surface area (Å²) in [4.78, 5) is 49.7. The molecule has 3 atom stereocenters. The van der Waals surface area contributed by atoms with Gasteiger partial charge in [0, 0.05) is 6.54 Å². The van der Waals surface area contributed by atoms with Crippen molar-refractivity contribution >= 4 is 29.9 Å². The second kappa shape index (κ2) is 16.0. The van der Waals surface area contributed by atoms with Gasteiger partial charge in [0.1, 0.15) is 18.7 Å². The van der Waals surface area contributed by atoms with Crippen molar-refractivity contribution in [2.45, 2.75) is 64.8 Å². The number of ether oxygens (including phenoxy) is 3. The Morgan fingerprint density at radius 2 is 1.64 bits per heavy atom. The lowest BCUT2D eigenvalue weighted by atomic mass is 10.0. The zero-order valence-corrected chi connectivity index (χ0v) is 21.2. The van der Waals surface area contributed by atoms with Gasteiger partial charge >= 0.3 is 12.1 Å². The fourth-order valence-corrected chi connectivity index (χ4v) is 3.13. The summed E-state index contributed by atoms with van der Waals surface area (Å²) >= 11 is 0. The Hall–Kier alpha value is -3.83. The van der Waals surface area contributed by atoms with Gasteiger partial charge in [0.2, 0.25) is 5.91 Å².